The molecule has 0 radical (unpaired) electrons. The molecule has 0 aliphatic rings. The Morgan fingerprint density at radius 3 is 2.70 bits per heavy atom. The summed E-state index contributed by atoms with van der Waals surface area (Å²) < 4.78 is 2.12. The van der Waals surface area contributed by atoms with Crippen molar-refractivity contribution in [2.24, 2.45) is 0 Å². The highest BCUT2D eigenvalue weighted by Crippen LogP contribution is 2.26. The van der Waals surface area contributed by atoms with Gasteiger partial charge in [0.05, 0.1) is 11.0 Å². The van der Waals surface area contributed by atoms with Gasteiger partial charge in [-0.1, -0.05) is 56.1 Å². The van der Waals surface area contributed by atoms with E-state index in [-0.39, 0.29) is 11.9 Å². The molecule has 1 heterocycles. The Morgan fingerprint density at radius 1 is 1.15 bits per heavy atom. The number of fused-ring (bicyclic) bond motifs is 1. The molecule has 0 spiro atoms. The van der Waals surface area contributed by atoms with Gasteiger partial charge in [-0.3, -0.25) is 4.79 Å². The van der Waals surface area contributed by atoms with Crippen molar-refractivity contribution in [1.82, 2.24) is 14.9 Å². The zero-order valence-corrected chi connectivity index (χ0v) is 16.7. The standard InChI is InChI=1S/C22H26ClN3O/c1-3-8-20(22(27)24-13-4-2)26-19-12-6-5-11-18(19)25-21(26)15-16-9-7-10-17(23)14-16/h5-7,9-12,14,20H,3-4,8,13,15H2,1-2H3,(H,24,27)/t20-/m1/s1. The fourth-order valence-electron chi connectivity index (χ4n) is 3.41. The lowest BCUT2D eigenvalue weighted by atomic mass is 10.1. The van der Waals surface area contributed by atoms with E-state index in [0.717, 1.165) is 41.7 Å². The third-order valence-corrected chi connectivity index (χ3v) is 4.88. The molecule has 1 N–H and O–H groups in total. The minimum Gasteiger partial charge on any atom is -0.354 e. The highest BCUT2D eigenvalue weighted by atomic mass is 35.5. The Kier molecular flexibility index (Phi) is 6.51. The number of para-hydroxylation sites is 2. The lowest BCUT2D eigenvalue weighted by Gasteiger charge is -2.21. The topological polar surface area (TPSA) is 46.9 Å². The maximum Gasteiger partial charge on any atom is 0.243 e. The quantitative estimate of drug-likeness (QED) is 0.584. The van der Waals surface area contributed by atoms with E-state index >= 15 is 0 Å². The molecule has 0 bridgehead atoms. The maximum atomic E-state index is 12.9. The van der Waals surface area contributed by atoms with E-state index < -0.39 is 0 Å². The highest BCUT2D eigenvalue weighted by Gasteiger charge is 2.24. The first kappa shape index (κ1) is 19.4. The van der Waals surface area contributed by atoms with E-state index in [1.165, 1.54) is 0 Å². The minimum absolute atomic E-state index is 0.0641. The first-order chi connectivity index (χ1) is 13.1. The van der Waals surface area contributed by atoms with Crippen molar-refractivity contribution in [2.45, 2.75) is 45.6 Å². The van der Waals surface area contributed by atoms with Gasteiger partial charge < -0.3 is 9.88 Å². The zero-order valence-electron chi connectivity index (χ0n) is 15.9. The predicted molar refractivity (Wildman–Crippen MR) is 111 cm³/mol. The molecule has 0 aliphatic carbocycles. The number of carbonyl (C=O) groups is 1. The van der Waals surface area contributed by atoms with Crippen LogP contribution in [-0.2, 0) is 11.2 Å². The van der Waals surface area contributed by atoms with Gasteiger partial charge in [0.15, 0.2) is 0 Å². The summed E-state index contributed by atoms with van der Waals surface area (Å²) in [5, 5.41) is 3.77. The molecule has 2 aromatic carbocycles. The largest absolute Gasteiger partial charge is 0.354 e. The van der Waals surface area contributed by atoms with E-state index in [1.807, 2.05) is 48.5 Å². The van der Waals surface area contributed by atoms with Crippen LogP contribution in [0.4, 0.5) is 0 Å². The van der Waals surface area contributed by atoms with Gasteiger partial charge in [0.2, 0.25) is 5.91 Å². The average molecular weight is 384 g/mol. The molecule has 5 heteroatoms. The molecular weight excluding hydrogens is 358 g/mol. The smallest absolute Gasteiger partial charge is 0.243 e. The first-order valence-corrected chi connectivity index (χ1v) is 9.99. The van der Waals surface area contributed by atoms with Crippen LogP contribution in [0.1, 0.15) is 50.5 Å². The SMILES string of the molecule is CCCNC(=O)[C@@H](CCC)n1c(Cc2cccc(Cl)c2)nc2ccccc21. The van der Waals surface area contributed by atoms with Gasteiger partial charge in [0.1, 0.15) is 11.9 Å². The minimum atomic E-state index is -0.261. The van der Waals surface area contributed by atoms with Gasteiger partial charge in [0, 0.05) is 18.0 Å². The number of aromatic nitrogens is 2. The Labute approximate surface area is 165 Å². The van der Waals surface area contributed by atoms with Crippen LogP contribution in [0.3, 0.4) is 0 Å². The van der Waals surface area contributed by atoms with Gasteiger partial charge >= 0.3 is 0 Å². The molecule has 4 nitrogen and oxygen atoms in total. The second-order valence-electron chi connectivity index (χ2n) is 6.79. The number of hydrogen-bond donors (Lipinski definition) is 1. The molecule has 142 valence electrons. The second-order valence-corrected chi connectivity index (χ2v) is 7.23. The number of amides is 1. The van der Waals surface area contributed by atoms with E-state index in [0.29, 0.717) is 18.0 Å². The molecule has 1 atom stereocenters. The molecule has 1 aromatic heterocycles. The van der Waals surface area contributed by atoms with Crippen LogP contribution in [0.5, 0.6) is 0 Å². The molecule has 0 saturated carbocycles. The number of imidazole rings is 1. The Hall–Kier alpha value is -2.33. The van der Waals surface area contributed by atoms with Crippen molar-refractivity contribution >= 4 is 28.5 Å². The van der Waals surface area contributed by atoms with Gasteiger partial charge in [-0.15, -0.1) is 0 Å². The molecular formula is C22H26ClN3O. The summed E-state index contributed by atoms with van der Waals surface area (Å²) in [6, 6.07) is 15.6. The highest BCUT2D eigenvalue weighted by molar-refractivity contribution is 6.30. The number of carbonyl (C=O) groups excluding carboxylic acids is 1. The molecule has 3 aromatic rings. The predicted octanol–water partition coefficient (Wildman–Crippen LogP) is 5.15. The summed E-state index contributed by atoms with van der Waals surface area (Å²) in [6.45, 7) is 4.86. The second kappa shape index (κ2) is 9.05. The summed E-state index contributed by atoms with van der Waals surface area (Å²) in [7, 11) is 0. The van der Waals surface area contributed by atoms with Crippen LogP contribution < -0.4 is 5.32 Å². The molecule has 0 fully saturated rings. The van der Waals surface area contributed by atoms with Crippen LogP contribution in [0.2, 0.25) is 5.02 Å². The normalized spacial score (nSPS) is 12.3. The summed E-state index contributed by atoms with van der Waals surface area (Å²) in [5.74, 6) is 0.956. The third-order valence-electron chi connectivity index (χ3n) is 4.65. The monoisotopic (exact) mass is 383 g/mol. The molecule has 1 amide bonds. The van der Waals surface area contributed by atoms with Crippen molar-refractivity contribution in [3.8, 4) is 0 Å². The van der Waals surface area contributed by atoms with E-state index in [4.69, 9.17) is 16.6 Å². The maximum absolute atomic E-state index is 12.9. The van der Waals surface area contributed by atoms with Crippen molar-refractivity contribution in [2.75, 3.05) is 6.54 Å². The van der Waals surface area contributed by atoms with Crippen LogP contribution in [-0.4, -0.2) is 22.0 Å². The van der Waals surface area contributed by atoms with Gasteiger partial charge in [-0.05, 0) is 42.7 Å². The number of hydrogen-bond acceptors (Lipinski definition) is 2. The molecule has 27 heavy (non-hydrogen) atoms. The summed E-state index contributed by atoms with van der Waals surface area (Å²) in [6.07, 6.45) is 3.26. The van der Waals surface area contributed by atoms with Crippen LogP contribution >= 0.6 is 11.6 Å². The number of halogens is 1. The van der Waals surface area contributed by atoms with Crippen LogP contribution in [0, 0.1) is 0 Å². The molecule has 0 unspecified atom stereocenters. The van der Waals surface area contributed by atoms with E-state index in [9.17, 15) is 4.79 Å². The van der Waals surface area contributed by atoms with Crippen molar-refractivity contribution < 1.29 is 4.79 Å². The fraction of sp³-hybridized carbons (Fsp3) is 0.364. The van der Waals surface area contributed by atoms with E-state index in [2.05, 4.69) is 23.7 Å². The lowest BCUT2D eigenvalue weighted by Crippen LogP contribution is -2.33. The summed E-state index contributed by atoms with van der Waals surface area (Å²) in [4.78, 5) is 17.8. The van der Waals surface area contributed by atoms with Crippen molar-refractivity contribution in [1.29, 1.82) is 0 Å². The van der Waals surface area contributed by atoms with Gasteiger partial charge in [-0.25, -0.2) is 4.98 Å². The number of nitrogens with zero attached hydrogens (tertiary/aromatic N) is 2. The summed E-state index contributed by atoms with van der Waals surface area (Å²) >= 11 is 6.16. The number of rotatable bonds is 8. The average Bonchev–Trinajstić information content (AvgIpc) is 3.01. The first-order valence-electron chi connectivity index (χ1n) is 9.62. The Balaban J connectivity index is 2.06. The lowest BCUT2D eigenvalue weighted by molar-refractivity contribution is -0.124. The zero-order chi connectivity index (χ0) is 19.2. The molecule has 3 rings (SSSR count). The van der Waals surface area contributed by atoms with Crippen molar-refractivity contribution in [3.63, 3.8) is 0 Å². The number of nitrogens with one attached hydrogen (secondary N) is 1. The summed E-state index contributed by atoms with van der Waals surface area (Å²) in [5.41, 5.74) is 3.00. The van der Waals surface area contributed by atoms with Gasteiger partial charge in [-0.2, -0.15) is 0 Å². The van der Waals surface area contributed by atoms with Crippen LogP contribution in [0.25, 0.3) is 11.0 Å². The van der Waals surface area contributed by atoms with Gasteiger partial charge in [0.25, 0.3) is 0 Å². The molecule has 0 aliphatic heterocycles. The van der Waals surface area contributed by atoms with E-state index in [1.54, 1.807) is 0 Å². The Bertz CT molecular complexity index is 919. The Morgan fingerprint density at radius 2 is 1.96 bits per heavy atom. The molecule has 0 saturated heterocycles. The fourth-order valence-corrected chi connectivity index (χ4v) is 3.63. The van der Waals surface area contributed by atoms with Crippen LogP contribution in [0.15, 0.2) is 48.5 Å². The third kappa shape index (κ3) is 4.51. The number of benzene rings is 2. The van der Waals surface area contributed by atoms with Crippen molar-refractivity contribution in [3.05, 3.63) is 64.9 Å².